The Hall–Kier alpha value is -2.19. The van der Waals surface area contributed by atoms with Gasteiger partial charge >= 0.3 is 5.97 Å². The number of rotatable bonds is 7. The van der Waals surface area contributed by atoms with Crippen molar-refractivity contribution in [1.82, 2.24) is 14.9 Å². The SMILES string of the molecule is CCOC(=O)c1c(C)oc2nc(C)nc(NC(CC)CN3CCOCC3)c12. The lowest BCUT2D eigenvalue weighted by Crippen LogP contribution is -2.43. The van der Waals surface area contributed by atoms with Gasteiger partial charge in [-0.2, -0.15) is 4.98 Å². The summed E-state index contributed by atoms with van der Waals surface area (Å²) in [5.74, 6) is 1.30. The highest BCUT2D eigenvalue weighted by molar-refractivity contribution is 6.07. The monoisotopic (exact) mass is 376 g/mol. The Bertz CT molecular complexity index is 799. The first-order chi connectivity index (χ1) is 13.0. The fraction of sp³-hybridized carbons (Fsp3) is 0.632. The first kappa shape index (κ1) is 19.6. The summed E-state index contributed by atoms with van der Waals surface area (Å²) in [7, 11) is 0. The highest BCUT2D eigenvalue weighted by Crippen LogP contribution is 2.31. The molecule has 0 aromatic carbocycles. The van der Waals surface area contributed by atoms with E-state index >= 15 is 0 Å². The quantitative estimate of drug-likeness (QED) is 0.738. The number of hydrogen-bond acceptors (Lipinski definition) is 8. The number of aromatic nitrogens is 2. The van der Waals surface area contributed by atoms with E-state index < -0.39 is 5.97 Å². The van der Waals surface area contributed by atoms with Gasteiger partial charge in [-0.25, -0.2) is 9.78 Å². The molecule has 8 heteroatoms. The maximum atomic E-state index is 12.5. The molecule has 3 rings (SSSR count). The smallest absolute Gasteiger partial charge is 0.342 e. The van der Waals surface area contributed by atoms with Crippen LogP contribution in [0, 0.1) is 13.8 Å². The molecule has 2 aromatic heterocycles. The van der Waals surface area contributed by atoms with Crippen LogP contribution in [0.15, 0.2) is 4.42 Å². The number of ether oxygens (including phenoxy) is 2. The maximum Gasteiger partial charge on any atom is 0.342 e. The van der Waals surface area contributed by atoms with E-state index in [1.54, 1.807) is 13.8 Å². The van der Waals surface area contributed by atoms with Crippen LogP contribution in [0.2, 0.25) is 0 Å². The molecule has 0 radical (unpaired) electrons. The van der Waals surface area contributed by atoms with Crippen molar-refractivity contribution in [1.29, 1.82) is 0 Å². The Kier molecular flexibility index (Phi) is 6.28. The van der Waals surface area contributed by atoms with Crippen LogP contribution >= 0.6 is 0 Å². The third-order valence-electron chi connectivity index (χ3n) is 4.73. The van der Waals surface area contributed by atoms with Crippen LogP contribution in [0.4, 0.5) is 5.82 Å². The number of aryl methyl sites for hydroxylation is 2. The summed E-state index contributed by atoms with van der Waals surface area (Å²) in [6, 6.07) is 0.186. The second-order valence-corrected chi connectivity index (χ2v) is 6.72. The van der Waals surface area contributed by atoms with Gasteiger partial charge in [0.1, 0.15) is 23.0 Å². The standard InChI is InChI=1S/C19H28N4O4/c1-5-14(11-23-7-9-25-10-8-23)22-17-16-15(19(24)26-6-2)12(3)27-18(16)21-13(4)20-17/h14H,5-11H2,1-4H3,(H,20,21,22). The van der Waals surface area contributed by atoms with Gasteiger partial charge < -0.3 is 19.2 Å². The van der Waals surface area contributed by atoms with Crippen molar-refractivity contribution in [3.05, 3.63) is 17.1 Å². The summed E-state index contributed by atoms with van der Waals surface area (Å²) in [4.78, 5) is 23.8. The van der Waals surface area contributed by atoms with Crippen LogP contribution in [0.1, 0.15) is 42.2 Å². The number of nitrogens with one attached hydrogen (secondary N) is 1. The molecule has 3 heterocycles. The zero-order valence-corrected chi connectivity index (χ0v) is 16.5. The van der Waals surface area contributed by atoms with Gasteiger partial charge in [0.2, 0.25) is 5.71 Å². The molecule has 0 amide bonds. The molecule has 1 fully saturated rings. The van der Waals surface area contributed by atoms with Gasteiger partial charge in [0, 0.05) is 25.7 Å². The Morgan fingerprint density at radius 1 is 1.26 bits per heavy atom. The molecule has 0 saturated carbocycles. The van der Waals surface area contributed by atoms with Gasteiger partial charge in [-0.3, -0.25) is 4.90 Å². The van der Waals surface area contributed by atoms with Crippen LogP contribution in [0.3, 0.4) is 0 Å². The molecule has 148 valence electrons. The first-order valence-corrected chi connectivity index (χ1v) is 9.55. The lowest BCUT2D eigenvalue weighted by molar-refractivity contribution is 0.0360. The minimum atomic E-state index is -0.412. The molecule has 0 bridgehead atoms. The number of fused-ring (bicyclic) bond motifs is 1. The normalized spacial score (nSPS) is 16.4. The van der Waals surface area contributed by atoms with Crippen molar-refractivity contribution in [2.45, 2.75) is 40.2 Å². The summed E-state index contributed by atoms with van der Waals surface area (Å²) < 4.78 is 16.4. The van der Waals surface area contributed by atoms with Crippen molar-refractivity contribution >= 4 is 22.9 Å². The number of carbonyl (C=O) groups excluding carboxylic acids is 1. The highest BCUT2D eigenvalue weighted by Gasteiger charge is 2.26. The molecule has 1 saturated heterocycles. The Morgan fingerprint density at radius 3 is 2.67 bits per heavy atom. The summed E-state index contributed by atoms with van der Waals surface area (Å²) >= 11 is 0. The van der Waals surface area contributed by atoms with Crippen LogP contribution < -0.4 is 5.32 Å². The number of nitrogens with zero attached hydrogens (tertiary/aromatic N) is 3. The molecular weight excluding hydrogens is 348 g/mol. The molecule has 1 atom stereocenters. The lowest BCUT2D eigenvalue weighted by atomic mass is 10.1. The number of anilines is 1. The second-order valence-electron chi connectivity index (χ2n) is 6.72. The van der Waals surface area contributed by atoms with E-state index in [0.717, 1.165) is 39.3 Å². The largest absolute Gasteiger partial charge is 0.462 e. The van der Waals surface area contributed by atoms with Gasteiger partial charge in [0.25, 0.3) is 0 Å². The minimum Gasteiger partial charge on any atom is -0.462 e. The van der Waals surface area contributed by atoms with Crippen molar-refractivity contribution in [3.63, 3.8) is 0 Å². The fourth-order valence-corrected chi connectivity index (χ4v) is 3.34. The van der Waals surface area contributed by atoms with E-state index in [0.29, 0.717) is 40.7 Å². The molecule has 1 aliphatic rings. The van der Waals surface area contributed by atoms with E-state index in [2.05, 4.69) is 27.1 Å². The number of hydrogen-bond donors (Lipinski definition) is 1. The molecule has 0 aliphatic carbocycles. The predicted molar refractivity (Wildman–Crippen MR) is 102 cm³/mol. The van der Waals surface area contributed by atoms with Crippen LogP contribution in [0.25, 0.3) is 11.1 Å². The van der Waals surface area contributed by atoms with Gasteiger partial charge in [0.15, 0.2) is 0 Å². The summed E-state index contributed by atoms with van der Waals surface area (Å²) in [6.07, 6.45) is 0.924. The summed E-state index contributed by atoms with van der Waals surface area (Å²) in [5, 5.41) is 4.10. The van der Waals surface area contributed by atoms with Crippen LogP contribution in [-0.2, 0) is 9.47 Å². The highest BCUT2D eigenvalue weighted by atomic mass is 16.5. The van der Waals surface area contributed by atoms with E-state index in [1.165, 1.54) is 0 Å². The summed E-state index contributed by atoms with van der Waals surface area (Å²) in [6.45, 7) is 12.0. The average molecular weight is 376 g/mol. The topological polar surface area (TPSA) is 89.7 Å². The molecule has 1 aliphatic heterocycles. The Balaban J connectivity index is 1.92. The molecular formula is C19H28N4O4. The fourth-order valence-electron chi connectivity index (χ4n) is 3.34. The maximum absolute atomic E-state index is 12.5. The van der Waals surface area contributed by atoms with Crippen molar-refractivity contribution in [2.75, 3.05) is 44.8 Å². The predicted octanol–water partition coefficient (Wildman–Crippen LogP) is 2.54. The van der Waals surface area contributed by atoms with Crippen LogP contribution in [0.5, 0.6) is 0 Å². The Morgan fingerprint density at radius 2 is 2.00 bits per heavy atom. The molecule has 0 spiro atoms. The van der Waals surface area contributed by atoms with Gasteiger partial charge in [0.05, 0.1) is 25.2 Å². The number of esters is 1. The van der Waals surface area contributed by atoms with Gasteiger partial charge in [-0.05, 0) is 27.2 Å². The van der Waals surface area contributed by atoms with Crippen LogP contribution in [-0.4, -0.2) is 66.3 Å². The average Bonchev–Trinajstić information content (AvgIpc) is 2.98. The molecule has 27 heavy (non-hydrogen) atoms. The van der Waals surface area contributed by atoms with Gasteiger partial charge in [-0.1, -0.05) is 6.92 Å². The van der Waals surface area contributed by atoms with Gasteiger partial charge in [-0.15, -0.1) is 0 Å². The molecule has 1 N–H and O–H groups in total. The van der Waals surface area contributed by atoms with Crippen molar-refractivity contribution < 1.29 is 18.7 Å². The van der Waals surface area contributed by atoms with Crippen molar-refractivity contribution in [3.8, 4) is 0 Å². The van der Waals surface area contributed by atoms with E-state index in [4.69, 9.17) is 13.9 Å². The number of furan rings is 1. The van der Waals surface area contributed by atoms with Crippen molar-refractivity contribution in [2.24, 2.45) is 0 Å². The molecule has 8 nitrogen and oxygen atoms in total. The van der Waals surface area contributed by atoms with E-state index in [9.17, 15) is 4.79 Å². The van der Waals surface area contributed by atoms with E-state index in [-0.39, 0.29) is 6.04 Å². The Labute approximate surface area is 159 Å². The first-order valence-electron chi connectivity index (χ1n) is 9.55. The third-order valence-corrected chi connectivity index (χ3v) is 4.73. The number of morpholine rings is 1. The lowest BCUT2D eigenvalue weighted by Gasteiger charge is -2.30. The molecule has 1 unspecified atom stereocenters. The number of carbonyl (C=O) groups is 1. The van der Waals surface area contributed by atoms with E-state index in [1.807, 2.05) is 6.92 Å². The second kappa shape index (κ2) is 8.67. The third kappa shape index (κ3) is 4.39. The summed E-state index contributed by atoms with van der Waals surface area (Å²) in [5.41, 5.74) is 0.808. The zero-order valence-electron chi connectivity index (χ0n) is 16.5. The molecule has 2 aromatic rings. The zero-order chi connectivity index (χ0) is 19.4. The minimum absolute atomic E-state index is 0.186.